The van der Waals surface area contributed by atoms with E-state index in [1.807, 2.05) is 6.20 Å². The van der Waals surface area contributed by atoms with Crippen LogP contribution < -0.4 is 14.8 Å². The molecule has 0 atom stereocenters. The molecule has 0 aliphatic carbocycles. The Labute approximate surface area is 152 Å². The van der Waals surface area contributed by atoms with Crippen LogP contribution in [0.4, 0.5) is 8.78 Å². The Morgan fingerprint density at radius 1 is 1.40 bits per heavy atom. The molecule has 6 nitrogen and oxygen atoms in total. The van der Waals surface area contributed by atoms with E-state index in [1.165, 1.54) is 18.2 Å². The summed E-state index contributed by atoms with van der Waals surface area (Å²) in [6, 6.07) is 4.11. The molecule has 0 radical (unpaired) electrons. The first kappa shape index (κ1) is 19.2. The average molecular weight is 418 g/mol. The second kappa shape index (κ2) is 9.36. The maximum absolute atomic E-state index is 12.4. The Balaban J connectivity index is 1.90. The fourth-order valence-electron chi connectivity index (χ4n) is 2.12. The van der Waals surface area contributed by atoms with Crippen LogP contribution in [0.15, 0.2) is 35.1 Å². The van der Waals surface area contributed by atoms with Gasteiger partial charge in [0.05, 0.1) is 17.3 Å². The number of carbonyl (C=O) groups is 1. The normalized spacial score (nSPS) is 10.8. The molecular weight excluding hydrogens is 400 g/mol. The van der Waals surface area contributed by atoms with Crippen molar-refractivity contribution in [3.8, 4) is 11.5 Å². The summed E-state index contributed by atoms with van der Waals surface area (Å²) in [6.45, 7) is 0.143. The van der Waals surface area contributed by atoms with Crippen molar-refractivity contribution < 1.29 is 23.0 Å². The number of hydrogen-bond acceptors (Lipinski definition) is 4. The highest BCUT2D eigenvalue weighted by atomic mass is 79.9. The Morgan fingerprint density at radius 2 is 2.20 bits per heavy atom. The molecular formula is C16H18BrF2N3O3. The number of ether oxygens (including phenoxy) is 2. The molecule has 0 fully saturated rings. The molecule has 0 aliphatic heterocycles. The number of rotatable bonds is 9. The fourth-order valence-corrected chi connectivity index (χ4v) is 2.44. The highest BCUT2D eigenvalue weighted by molar-refractivity contribution is 9.10. The van der Waals surface area contributed by atoms with Crippen LogP contribution in [-0.4, -0.2) is 35.5 Å². The molecule has 25 heavy (non-hydrogen) atoms. The van der Waals surface area contributed by atoms with Crippen LogP contribution in [0.1, 0.15) is 23.7 Å². The van der Waals surface area contributed by atoms with Gasteiger partial charge in [0.25, 0.3) is 5.91 Å². The molecule has 2 aromatic rings. The van der Waals surface area contributed by atoms with Crippen molar-refractivity contribution in [2.24, 2.45) is 0 Å². The van der Waals surface area contributed by atoms with Gasteiger partial charge >= 0.3 is 6.61 Å². The molecule has 1 N–H and O–H groups in total. The highest BCUT2D eigenvalue weighted by Gasteiger charge is 2.14. The van der Waals surface area contributed by atoms with Crippen molar-refractivity contribution in [2.75, 3.05) is 13.2 Å². The lowest BCUT2D eigenvalue weighted by molar-refractivity contribution is -0.0514. The van der Waals surface area contributed by atoms with E-state index in [-0.39, 0.29) is 24.0 Å². The van der Waals surface area contributed by atoms with Gasteiger partial charge in [0.1, 0.15) is 0 Å². The van der Waals surface area contributed by atoms with Gasteiger partial charge in [0, 0.05) is 24.8 Å². The number of nitrogens with zero attached hydrogens (tertiary/aromatic N) is 2. The minimum atomic E-state index is -2.96. The van der Waals surface area contributed by atoms with Crippen LogP contribution in [0.3, 0.4) is 0 Å². The van der Waals surface area contributed by atoms with Gasteiger partial charge in [-0.3, -0.25) is 9.48 Å². The number of hydrogen-bond donors (Lipinski definition) is 1. The van der Waals surface area contributed by atoms with E-state index in [4.69, 9.17) is 4.74 Å². The van der Waals surface area contributed by atoms with Crippen LogP contribution in [0.25, 0.3) is 0 Å². The van der Waals surface area contributed by atoms with Gasteiger partial charge in [-0.15, -0.1) is 0 Å². The Kier molecular flexibility index (Phi) is 7.17. The summed E-state index contributed by atoms with van der Waals surface area (Å²) in [4.78, 5) is 12.2. The molecule has 1 aromatic carbocycles. The maximum Gasteiger partial charge on any atom is 0.387 e. The number of nitrogens with one attached hydrogen (secondary N) is 1. The van der Waals surface area contributed by atoms with Gasteiger partial charge in [0.15, 0.2) is 11.5 Å². The molecule has 0 saturated carbocycles. The van der Waals surface area contributed by atoms with Crippen LogP contribution in [0.5, 0.6) is 11.5 Å². The zero-order valence-electron chi connectivity index (χ0n) is 13.5. The van der Waals surface area contributed by atoms with E-state index in [0.29, 0.717) is 25.1 Å². The van der Waals surface area contributed by atoms with Crippen molar-refractivity contribution >= 4 is 21.8 Å². The standard InChI is InChI=1S/C16H18BrF2N3O3/c1-2-24-14-8-11(4-5-13(14)25-16(18)19)15(23)20-6-3-7-22-10-12(17)9-21-22/h4-5,8-10,16H,2-3,6-7H2,1H3,(H,20,23). The summed E-state index contributed by atoms with van der Waals surface area (Å²) < 4.78 is 37.1. The lowest BCUT2D eigenvalue weighted by Gasteiger charge is -2.13. The lowest BCUT2D eigenvalue weighted by Crippen LogP contribution is -2.25. The van der Waals surface area contributed by atoms with Gasteiger partial charge in [-0.05, 0) is 47.5 Å². The minimum Gasteiger partial charge on any atom is -0.490 e. The van der Waals surface area contributed by atoms with Gasteiger partial charge in [-0.1, -0.05) is 0 Å². The van der Waals surface area contributed by atoms with Crippen molar-refractivity contribution in [3.63, 3.8) is 0 Å². The zero-order valence-corrected chi connectivity index (χ0v) is 15.1. The van der Waals surface area contributed by atoms with Gasteiger partial charge < -0.3 is 14.8 Å². The molecule has 9 heteroatoms. The molecule has 1 aromatic heterocycles. The van der Waals surface area contributed by atoms with E-state index in [9.17, 15) is 13.6 Å². The first-order chi connectivity index (χ1) is 12.0. The van der Waals surface area contributed by atoms with Crippen molar-refractivity contribution in [2.45, 2.75) is 26.5 Å². The third kappa shape index (κ3) is 6.00. The third-order valence-electron chi connectivity index (χ3n) is 3.17. The topological polar surface area (TPSA) is 65.4 Å². The molecule has 0 spiro atoms. The van der Waals surface area contributed by atoms with E-state index in [0.717, 1.165) is 4.47 Å². The van der Waals surface area contributed by atoms with Crippen LogP contribution in [0.2, 0.25) is 0 Å². The monoisotopic (exact) mass is 417 g/mol. The quantitative estimate of drug-likeness (QED) is 0.634. The first-order valence-corrected chi connectivity index (χ1v) is 8.46. The Morgan fingerprint density at radius 3 is 2.84 bits per heavy atom. The smallest absolute Gasteiger partial charge is 0.387 e. The maximum atomic E-state index is 12.4. The van der Waals surface area contributed by atoms with Crippen molar-refractivity contribution in [3.05, 3.63) is 40.6 Å². The van der Waals surface area contributed by atoms with E-state index >= 15 is 0 Å². The van der Waals surface area contributed by atoms with Crippen LogP contribution >= 0.6 is 15.9 Å². The lowest BCUT2D eigenvalue weighted by atomic mass is 10.2. The molecule has 2 rings (SSSR count). The van der Waals surface area contributed by atoms with Gasteiger partial charge in [-0.25, -0.2) is 0 Å². The number of amides is 1. The molecule has 1 heterocycles. The molecule has 0 aliphatic rings. The summed E-state index contributed by atoms with van der Waals surface area (Å²) in [5.41, 5.74) is 0.312. The number of benzene rings is 1. The first-order valence-electron chi connectivity index (χ1n) is 7.67. The summed E-state index contributed by atoms with van der Waals surface area (Å²) >= 11 is 3.31. The summed E-state index contributed by atoms with van der Waals surface area (Å²) in [6.07, 6.45) is 4.24. The molecule has 136 valence electrons. The molecule has 0 bridgehead atoms. The number of aromatic nitrogens is 2. The SMILES string of the molecule is CCOc1cc(C(=O)NCCCn2cc(Br)cn2)ccc1OC(F)F. The van der Waals surface area contributed by atoms with Gasteiger partial charge in [-0.2, -0.15) is 13.9 Å². The summed E-state index contributed by atoms with van der Waals surface area (Å²) in [7, 11) is 0. The van der Waals surface area contributed by atoms with Crippen molar-refractivity contribution in [1.82, 2.24) is 15.1 Å². The second-order valence-corrected chi connectivity index (χ2v) is 5.92. The zero-order chi connectivity index (χ0) is 18.2. The van der Waals surface area contributed by atoms with Crippen LogP contribution in [0, 0.1) is 0 Å². The number of carbonyl (C=O) groups excluding carboxylic acids is 1. The summed E-state index contributed by atoms with van der Waals surface area (Å²) in [5, 5.41) is 6.89. The Hall–Kier alpha value is -2.16. The van der Waals surface area contributed by atoms with Crippen LogP contribution in [-0.2, 0) is 6.54 Å². The van der Waals surface area contributed by atoms with E-state index < -0.39 is 6.61 Å². The predicted molar refractivity (Wildman–Crippen MR) is 91.1 cm³/mol. The van der Waals surface area contributed by atoms with E-state index in [2.05, 4.69) is 31.1 Å². The molecule has 0 saturated heterocycles. The largest absolute Gasteiger partial charge is 0.490 e. The molecule has 1 amide bonds. The third-order valence-corrected chi connectivity index (χ3v) is 3.58. The second-order valence-electron chi connectivity index (χ2n) is 5.00. The highest BCUT2D eigenvalue weighted by Crippen LogP contribution is 2.29. The predicted octanol–water partition coefficient (Wildman–Crippen LogP) is 3.47. The van der Waals surface area contributed by atoms with E-state index in [1.54, 1.807) is 17.8 Å². The Bertz CT molecular complexity index is 710. The van der Waals surface area contributed by atoms with Gasteiger partial charge in [0.2, 0.25) is 0 Å². The minimum absolute atomic E-state index is 0.0994. The number of aryl methyl sites for hydroxylation is 1. The average Bonchev–Trinajstić information content (AvgIpc) is 2.98. The molecule has 0 unspecified atom stereocenters. The number of halogens is 3. The van der Waals surface area contributed by atoms with Crippen molar-refractivity contribution in [1.29, 1.82) is 0 Å². The summed E-state index contributed by atoms with van der Waals surface area (Å²) in [5.74, 6) is -0.305. The fraction of sp³-hybridized carbons (Fsp3) is 0.375. The number of alkyl halides is 2.